The third kappa shape index (κ3) is 5.10. The van der Waals surface area contributed by atoms with Crippen molar-refractivity contribution in [3.05, 3.63) is 59.7 Å². The van der Waals surface area contributed by atoms with Gasteiger partial charge in [0.25, 0.3) is 0 Å². The van der Waals surface area contributed by atoms with Crippen molar-refractivity contribution in [3.63, 3.8) is 0 Å². The van der Waals surface area contributed by atoms with Crippen molar-refractivity contribution in [3.8, 4) is 0 Å². The molecule has 0 fully saturated rings. The number of rotatable bonds is 7. The van der Waals surface area contributed by atoms with Gasteiger partial charge in [0, 0.05) is 31.9 Å². The first-order valence-electron chi connectivity index (χ1n) is 7.30. The van der Waals surface area contributed by atoms with Gasteiger partial charge in [0.05, 0.1) is 0 Å². The number of nitrogens with zero attached hydrogens (tertiary/aromatic N) is 1. The van der Waals surface area contributed by atoms with Gasteiger partial charge in [-0.3, -0.25) is 9.78 Å². The van der Waals surface area contributed by atoms with E-state index in [9.17, 15) is 17.6 Å². The molecule has 2 N–H and O–H groups in total. The lowest BCUT2D eigenvalue weighted by Crippen LogP contribution is -2.30. The van der Waals surface area contributed by atoms with Gasteiger partial charge >= 0.3 is 0 Å². The van der Waals surface area contributed by atoms with Crippen molar-refractivity contribution in [2.75, 3.05) is 6.54 Å². The van der Waals surface area contributed by atoms with E-state index < -0.39 is 10.0 Å². The predicted octanol–water partition coefficient (Wildman–Crippen LogP) is 1.51. The lowest BCUT2D eigenvalue weighted by Gasteiger charge is -2.08. The predicted molar refractivity (Wildman–Crippen MR) is 87.0 cm³/mol. The summed E-state index contributed by atoms with van der Waals surface area (Å²) in [6.45, 7) is 1.81. The molecule has 6 nitrogen and oxygen atoms in total. The molecule has 128 valence electrons. The molecule has 2 aromatic rings. The first kappa shape index (κ1) is 18.0. The van der Waals surface area contributed by atoms with E-state index in [1.165, 1.54) is 30.6 Å². The number of carbonyl (C=O) groups is 1. The third-order valence-corrected chi connectivity index (χ3v) is 4.76. The van der Waals surface area contributed by atoms with Crippen LogP contribution in [0.25, 0.3) is 0 Å². The molecule has 0 aliphatic heterocycles. The maximum atomic E-state index is 13.4. The summed E-state index contributed by atoms with van der Waals surface area (Å²) in [5.74, 6) is -0.657. The quantitative estimate of drug-likeness (QED) is 0.791. The lowest BCUT2D eigenvalue weighted by molar-refractivity contribution is -0.121. The molecule has 0 saturated heterocycles. The molecular formula is C16H18FN3O3S. The maximum absolute atomic E-state index is 13.4. The van der Waals surface area contributed by atoms with Crippen LogP contribution in [0.15, 0.2) is 47.6 Å². The number of sulfonamides is 1. The van der Waals surface area contributed by atoms with E-state index in [2.05, 4.69) is 15.0 Å². The van der Waals surface area contributed by atoms with Crippen LogP contribution in [0, 0.1) is 12.7 Å². The molecule has 1 aromatic carbocycles. The highest BCUT2D eigenvalue weighted by molar-refractivity contribution is 7.89. The summed E-state index contributed by atoms with van der Waals surface area (Å²) in [5.41, 5.74) is 1.18. The van der Waals surface area contributed by atoms with E-state index >= 15 is 0 Å². The van der Waals surface area contributed by atoms with Gasteiger partial charge < -0.3 is 5.32 Å². The van der Waals surface area contributed by atoms with Gasteiger partial charge in [-0.25, -0.2) is 17.5 Å². The standard InChI is InChI=1S/C16H18FN3O3S/c1-12-4-5-13(9-15(12)17)10-19-16(21)6-8-20-24(22,23)14-3-2-7-18-11-14/h2-5,7,9,11,20H,6,8,10H2,1H3,(H,19,21). The van der Waals surface area contributed by atoms with Gasteiger partial charge in [-0.15, -0.1) is 0 Å². The Kier molecular flexibility index (Phi) is 5.99. The van der Waals surface area contributed by atoms with Gasteiger partial charge in [-0.2, -0.15) is 0 Å². The summed E-state index contributed by atoms with van der Waals surface area (Å²) in [6, 6.07) is 7.66. The minimum Gasteiger partial charge on any atom is -0.352 e. The zero-order valence-corrected chi connectivity index (χ0v) is 13.9. The molecule has 0 atom stereocenters. The summed E-state index contributed by atoms with van der Waals surface area (Å²) in [5, 5.41) is 2.62. The van der Waals surface area contributed by atoms with Gasteiger partial charge in [-0.1, -0.05) is 12.1 Å². The highest BCUT2D eigenvalue weighted by atomic mass is 32.2. The largest absolute Gasteiger partial charge is 0.352 e. The topological polar surface area (TPSA) is 88.2 Å². The van der Waals surface area contributed by atoms with E-state index in [1.807, 2.05) is 0 Å². The van der Waals surface area contributed by atoms with E-state index in [-0.39, 0.29) is 36.1 Å². The molecule has 0 bridgehead atoms. The average Bonchev–Trinajstić information content (AvgIpc) is 2.56. The monoisotopic (exact) mass is 351 g/mol. The van der Waals surface area contributed by atoms with Gasteiger partial charge in [0.15, 0.2) is 0 Å². The van der Waals surface area contributed by atoms with E-state index in [0.29, 0.717) is 11.1 Å². The number of aromatic nitrogens is 1. The summed E-state index contributed by atoms with van der Waals surface area (Å²) < 4.78 is 39.6. The number of nitrogens with one attached hydrogen (secondary N) is 2. The van der Waals surface area contributed by atoms with Crippen molar-refractivity contribution in [1.82, 2.24) is 15.0 Å². The Morgan fingerprint density at radius 3 is 2.75 bits per heavy atom. The van der Waals surface area contributed by atoms with Crippen LogP contribution < -0.4 is 10.0 Å². The number of hydrogen-bond donors (Lipinski definition) is 2. The molecule has 0 spiro atoms. The smallest absolute Gasteiger partial charge is 0.242 e. The lowest BCUT2D eigenvalue weighted by atomic mass is 10.1. The van der Waals surface area contributed by atoms with Crippen LogP contribution in [0.4, 0.5) is 4.39 Å². The Balaban J connectivity index is 1.78. The Hall–Kier alpha value is -2.32. The molecule has 8 heteroatoms. The van der Waals surface area contributed by atoms with Crippen molar-refractivity contribution < 1.29 is 17.6 Å². The first-order chi connectivity index (χ1) is 11.4. The average molecular weight is 351 g/mol. The molecule has 0 aliphatic carbocycles. The number of aryl methyl sites for hydroxylation is 1. The SMILES string of the molecule is Cc1ccc(CNC(=O)CCNS(=O)(=O)c2cccnc2)cc1F. The molecule has 0 unspecified atom stereocenters. The fourth-order valence-corrected chi connectivity index (χ4v) is 2.92. The Labute approximate surface area is 140 Å². The van der Waals surface area contributed by atoms with Crippen LogP contribution in [0.2, 0.25) is 0 Å². The maximum Gasteiger partial charge on any atom is 0.242 e. The van der Waals surface area contributed by atoms with Crippen LogP contribution in [0.1, 0.15) is 17.5 Å². The van der Waals surface area contributed by atoms with Crippen LogP contribution in [0.3, 0.4) is 0 Å². The molecule has 2 rings (SSSR count). The Morgan fingerprint density at radius 2 is 2.08 bits per heavy atom. The summed E-state index contributed by atoms with van der Waals surface area (Å²) in [4.78, 5) is 15.5. The summed E-state index contributed by atoms with van der Waals surface area (Å²) in [6.07, 6.45) is 2.68. The summed E-state index contributed by atoms with van der Waals surface area (Å²) in [7, 11) is -3.68. The molecule has 1 amide bonds. The first-order valence-corrected chi connectivity index (χ1v) is 8.78. The van der Waals surface area contributed by atoms with E-state index in [1.54, 1.807) is 19.1 Å². The van der Waals surface area contributed by atoms with E-state index in [0.717, 1.165) is 0 Å². The van der Waals surface area contributed by atoms with E-state index in [4.69, 9.17) is 0 Å². The fraction of sp³-hybridized carbons (Fsp3) is 0.250. The van der Waals surface area contributed by atoms with Crippen molar-refractivity contribution in [2.45, 2.75) is 24.8 Å². The molecule has 1 aromatic heterocycles. The zero-order valence-electron chi connectivity index (χ0n) is 13.1. The van der Waals surface area contributed by atoms with Crippen molar-refractivity contribution >= 4 is 15.9 Å². The van der Waals surface area contributed by atoms with Gasteiger partial charge in [0.2, 0.25) is 15.9 Å². The highest BCUT2D eigenvalue weighted by Gasteiger charge is 2.13. The number of benzene rings is 1. The second-order valence-corrected chi connectivity index (χ2v) is 6.96. The van der Waals surface area contributed by atoms with Gasteiger partial charge in [-0.05, 0) is 36.2 Å². The molecule has 0 saturated carbocycles. The van der Waals surface area contributed by atoms with Crippen LogP contribution >= 0.6 is 0 Å². The number of amides is 1. The van der Waals surface area contributed by atoms with Gasteiger partial charge in [0.1, 0.15) is 10.7 Å². The summed E-state index contributed by atoms with van der Waals surface area (Å²) >= 11 is 0. The normalized spacial score (nSPS) is 11.2. The Bertz CT molecular complexity index is 811. The number of hydrogen-bond acceptors (Lipinski definition) is 4. The van der Waals surface area contributed by atoms with Crippen LogP contribution in [-0.4, -0.2) is 25.9 Å². The van der Waals surface area contributed by atoms with Crippen LogP contribution in [-0.2, 0) is 21.4 Å². The highest BCUT2D eigenvalue weighted by Crippen LogP contribution is 2.09. The second-order valence-electron chi connectivity index (χ2n) is 5.20. The number of carbonyl (C=O) groups excluding carboxylic acids is 1. The Morgan fingerprint density at radius 1 is 1.29 bits per heavy atom. The van der Waals surface area contributed by atoms with Crippen molar-refractivity contribution in [2.24, 2.45) is 0 Å². The minimum absolute atomic E-state index is 0.0200. The third-order valence-electron chi connectivity index (χ3n) is 3.31. The number of halogens is 1. The second kappa shape index (κ2) is 7.98. The molecule has 24 heavy (non-hydrogen) atoms. The van der Waals surface area contributed by atoms with Crippen molar-refractivity contribution in [1.29, 1.82) is 0 Å². The number of pyridine rings is 1. The fourth-order valence-electron chi connectivity index (χ4n) is 1.92. The zero-order chi connectivity index (χ0) is 17.6. The molecule has 0 aliphatic rings. The minimum atomic E-state index is -3.68. The van der Waals surface area contributed by atoms with Crippen LogP contribution in [0.5, 0.6) is 0 Å². The molecule has 1 heterocycles. The molecular weight excluding hydrogens is 333 g/mol. The molecule has 0 radical (unpaired) electrons.